The molecule has 0 aliphatic rings. The van der Waals surface area contributed by atoms with Crippen LogP contribution in [0.2, 0.25) is 0 Å². The number of carbonyl (C=O) groups excluding carboxylic acids is 1. The number of rotatable bonds is 9. The molecule has 5 nitrogen and oxygen atoms in total. The fraction of sp³-hybridized carbons (Fsp3) is 0.889. The quantitative estimate of drug-likeness (QED) is 0.472. The van der Waals surface area contributed by atoms with Gasteiger partial charge in [-0.15, -0.1) is 23.2 Å². The highest BCUT2D eigenvalue weighted by atomic mass is 35.5. The number of hydrogen-bond acceptors (Lipinski definition) is 4. The molecule has 0 aromatic carbocycles. The van der Waals surface area contributed by atoms with Crippen molar-refractivity contribution in [2.24, 2.45) is 0 Å². The predicted octanol–water partition coefficient (Wildman–Crippen LogP) is 1.05. The van der Waals surface area contributed by atoms with E-state index in [1.807, 2.05) is 0 Å². The molecule has 0 fully saturated rings. The van der Waals surface area contributed by atoms with Crippen LogP contribution < -0.4 is 0 Å². The first-order valence-corrected chi connectivity index (χ1v) is 7.82. The van der Waals surface area contributed by atoms with E-state index in [0.717, 1.165) is 0 Å². The predicted molar refractivity (Wildman–Crippen MR) is 68.0 cm³/mol. The Hall–Kier alpha value is -0.0400. The summed E-state index contributed by atoms with van der Waals surface area (Å²) in [6, 6.07) is 0. The van der Waals surface area contributed by atoms with Crippen LogP contribution in [0.25, 0.3) is 0 Å². The summed E-state index contributed by atoms with van der Waals surface area (Å²) < 4.78 is 29.3. The maximum atomic E-state index is 11.8. The molecule has 0 saturated carbocycles. The van der Waals surface area contributed by atoms with E-state index in [9.17, 15) is 13.2 Å². The molecule has 0 spiro atoms. The van der Waals surface area contributed by atoms with E-state index < -0.39 is 16.0 Å². The third-order valence-electron chi connectivity index (χ3n) is 2.07. The van der Waals surface area contributed by atoms with Crippen molar-refractivity contribution in [2.45, 2.75) is 12.8 Å². The zero-order chi connectivity index (χ0) is 13.3. The Morgan fingerprint density at radius 1 is 1.24 bits per heavy atom. The number of hydrogen-bond donors (Lipinski definition) is 0. The number of sulfonamides is 1. The highest BCUT2D eigenvalue weighted by molar-refractivity contribution is 7.89. The van der Waals surface area contributed by atoms with Crippen molar-refractivity contribution in [2.75, 3.05) is 37.7 Å². The molecule has 0 rings (SSSR count). The second kappa shape index (κ2) is 8.97. The van der Waals surface area contributed by atoms with Crippen molar-refractivity contribution in [1.29, 1.82) is 0 Å². The first kappa shape index (κ1) is 17.0. The van der Waals surface area contributed by atoms with Crippen molar-refractivity contribution >= 4 is 39.2 Å². The average Bonchev–Trinajstić information content (AvgIpc) is 2.28. The Labute approximate surface area is 112 Å². The van der Waals surface area contributed by atoms with Gasteiger partial charge < -0.3 is 4.74 Å². The van der Waals surface area contributed by atoms with Gasteiger partial charge in [0, 0.05) is 31.3 Å². The maximum Gasteiger partial charge on any atom is 0.305 e. The molecule has 0 N–H and O–H groups in total. The molecule has 0 bridgehead atoms. The molecular weight excluding hydrogens is 289 g/mol. The van der Waals surface area contributed by atoms with E-state index in [-0.39, 0.29) is 43.4 Å². The molecule has 0 aromatic rings. The molecule has 102 valence electrons. The van der Waals surface area contributed by atoms with Crippen molar-refractivity contribution in [3.05, 3.63) is 0 Å². The molecule has 8 heteroatoms. The van der Waals surface area contributed by atoms with Crippen LogP contribution >= 0.6 is 23.2 Å². The molecule has 0 aliphatic heterocycles. The normalized spacial score (nSPS) is 11.8. The van der Waals surface area contributed by atoms with E-state index >= 15 is 0 Å². The number of alkyl halides is 2. The van der Waals surface area contributed by atoms with Crippen LogP contribution in [0.1, 0.15) is 12.8 Å². The Bertz CT molecular complexity index is 315. The topological polar surface area (TPSA) is 63.7 Å². The van der Waals surface area contributed by atoms with E-state index in [1.165, 1.54) is 11.4 Å². The molecule has 0 aromatic heterocycles. The minimum atomic E-state index is -3.39. The molecule has 0 saturated heterocycles. The number of esters is 1. The van der Waals surface area contributed by atoms with Crippen molar-refractivity contribution in [3.63, 3.8) is 0 Å². The minimum absolute atomic E-state index is 0.0886. The lowest BCUT2D eigenvalue weighted by Gasteiger charge is -2.19. The summed E-state index contributed by atoms with van der Waals surface area (Å²) in [4.78, 5) is 10.8. The molecule has 17 heavy (non-hydrogen) atoms. The molecule has 0 unspecified atom stereocenters. The molecule has 0 amide bonds. The summed E-state index contributed by atoms with van der Waals surface area (Å²) in [7, 11) is -2.13. The Kier molecular flexibility index (Phi) is 8.94. The van der Waals surface area contributed by atoms with Crippen molar-refractivity contribution < 1.29 is 17.9 Å². The Morgan fingerprint density at radius 2 is 1.76 bits per heavy atom. The minimum Gasteiger partial charge on any atom is -0.469 e. The smallest absolute Gasteiger partial charge is 0.305 e. The van der Waals surface area contributed by atoms with Gasteiger partial charge in [0.15, 0.2) is 0 Å². The van der Waals surface area contributed by atoms with Crippen LogP contribution in [0.3, 0.4) is 0 Å². The lowest BCUT2D eigenvalue weighted by molar-refractivity contribution is -0.140. The highest BCUT2D eigenvalue weighted by Crippen LogP contribution is 2.06. The summed E-state index contributed by atoms with van der Waals surface area (Å²) >= 11 is 11.0. The summed E-state index contributed by atoms with van der Waals surface area (Å²) in [5.74, 6) is -0.0859. The second-order valence-electron chi connectivity index (χ2n) is 3.27. The summed E-state index contributed by atoms with van der Waals surface area (Å²) in [6.45, 7) is 0.462. The number of carbonyl (C=O) groups is 1. The zero-order valence-electron chi connectivity index (χ0n) is 9.69. The van der Waals surface area contributed by atoms with Gasteiger partial charge in [-0.3, -0.25) is 4.79 Å². The van der Waals surface area contributed by atoms with Gasteiger partial charge in [-0.2, -0.15) is 4.31 Å². The molecule has 0 heterocycles. The van der Waals surface area contributed by atoms with Crippen LogP contribution in [0.5, 0.6) is 0 Å². The lowest BCUT2D eigenvalue weighted by atomic mass is 10.3. The van der Waals surface area contributed by atoms with Crippen LogP contribution in [-0.2, 0) is 19.6 Å². The third-order valence-corrected chi connectivity index (χ3v) is 4.37. The van der Waals surface area contributed by atoms with Crippen LogP contribution in [0.15, 0.2) is 0 Å². The first-order valence-electron chi connectivity index (χ1n) is 5.14. The largest absolute Gasteiger partial charge is 0.469 e. The van der Waals surface area contributed by atoms with Crippen LogP contribution in [-0.4, -0.2) is 56.4 Å². The van der Waals surface area contributed by atoms with E-state index in [2.05, 4.69) is 4.74 Å². The number of methoxy groups -OCH3 is 1. The van der Waals surface area contributed by atoms with Gasteiger partial charge in [-0.25, -0.2) is 8.42 Å². The number of halogens is 2. The van der Waals surface area contributed by atoms with E-state index in [0.29, 0.717) is 0 Å². The van der Waals surface area contributed by atoms with Gasteiger partial charge in [0.05, 0.1) is 12.9 Å². The van der Waals surface area contributed by atoms with E-state index in [4.69, 9.17) is 23.2 Å². The number of ether oxygens (including phenoxy) is 1. The Balaban J connectivity index is 4.27. The van der Waals surface area contributed by atoms with Gasteiger partial charge in [0.2, 0.25) is 10.0 Å². The highest BCUT2D eigenvalue weighted by Gasteiger charge is 2.20. The molecular formula is C9H17Cl2NO4S. The van der Waals surface area contributed by atoms with Gasteiger partial charge in [-0.1, -0.05) is 0 Å². The second-order valence-corrected chi connectivity index (χ2v) is 6.12. The van der Waals surface area contributed by atoms with Gasteiger partial charge >= 0.3 is 5.97 Å². The number of nitrogens with zero attached hydrogens (tertiary/aromatic N) is 1. The third kappa shape index (κ3) is 7.08. The standard InChI is InChI=1S/C9H17Cl2NO4S/c1-16-9(13)3-2-8-17(14,15)12(6-4-10)7-5-11/h2-8H2,1H3. The average molecular weight is 306 g/mol. The van der Waals surface area contributed by atoms with Gasteiger partial charge in [0.1, 0.15) is 0 Å². The van der Waals surface area contributed by atoms with Crippen LogP contribution in [0, 0.1) is 0 Å². The first-order chi connectivity index (χ1) is 7.97. The van der Waals surface area contributed by atoms with E-state index in [1.54, 1.807) is 0 Å². The Morgan fingerprint density at radius 3 is 2.18 bits per heavy atom. The molecule has 0 radical (unpaired) electrons. The van der Waals surface area contributed by atoms with Crippen molar-refractivity contribution in [3.8, 4) is 0 Å². The molecule has 0 atom stereocenters. The molecule has 0 aliphatic carbocycles. The van der Waals surface area contributed by atoms with Gasteiger partial charge in [-0.05, 0) is 6.42 Å². The lowest BCUT2D eigenvalue weighted by Crippen LogP contribution is -2.36. The summed E-state index contributed by atoms with van der Waals surface area (Å²) in [5, 5.41) is 0. The monoisotopic (exact) mass is 305 g/mol. The van der Waals surface area contributed by atoms with Crippen LogP contribution in [0.4, 0.5) is 0 Å². The summed E-state index contributed by atoms with van der Waals surface area (Å²) in [5.41, 5.74) is 0. The summed E-state index contributed by atoms with van der Waals surface area (Å²) in [6.07, 6.45) is 0.321. The fourth-order valence-electron chi connectivity index (χ4n) is 1.21. The maximum absolute atomic E-state index is 11.8. The zero-order valence-corrected chi connectivity index (χ0v) is 12.0. The van der Waals surface area contributed by atoms with Crippen molar-refractivity contribution in [1.82, 2.24) is 4.31 Å². The fourth-order valence-corrected chi connectivity index (χ4v) is 3.32. The SMILES string of the molecule is COC(=O)CCCS(=O)(=O)N(CCCl)CCCl. The van der Waals surface area contributed by atoms with Gasteiger partial charge in [0.25, 0.3) is 0 Å².